The van der Waals surface area contributed by atoms with E-state index in [1.807, 2.05) is 24.3 Å². The molecule has 90 valence electrons. The summed E-state index contributed by atoms with van der Waals surface area (Å²) >= 11 is 0. The molecule has 0 saturated heterocycles. The van der Waals surface area contributed by atoms with Crippen LogP contribution in [0.25, 0.3) is 0 Å². The van der Waals surface area contributed by atoms with Crippen molar-refractivity contribution in [3.8, 4) is 0 Å². The maximum absolute atomic E-state index is 11.8. The maximum atomic E-state index is 11.8. The average molecular weight is 233 g/mol. The fourth-order valence-electron chi connectivity index (χ4n) is 1.84. The van der Waals surface area contributed by atoms with Gasteiger partial charge in [0.1, 0.15) is 12.1 Å². The molecule has 2 rings (SSSR count). The number of para-hydroxylation sites is 1. The van der Waals surface area contributed by atoms with E-state index in [4.69, 9.17) is 5.73 Å². The van der Waals surface area contributed by atoms with E-state index in [9.17, 15) is 9.59 Å². The van der Waals surface area contributed by atoms with Gasteiger partial charge in [-0.25, -0.2) is 0 Å². The van der Waals surface area contributed by atoms with Gasteiger partial charge in [0.05, 0.1) is 0 Å². The molecular formula is C12H15N3O2. The van der Waals surface area contributed by atoms with Crippen molar-refractivity contribution >= 4 is 17.5 Å². The minimum absolute atomic E-state index is 0.201. The second kappa shape index (κ2) is 4.45. The molecule has 2 amide bonds. The number of hydrogen-bond donors (Lipinski definition) is 3. The Morgan fingerprint density at radius 2 is 2.18 bits per heavy atom. The van der Waals surface area contributed by atoms with Gasteiger partial charge in [-0.15, -0.1) is 0 Å². The van der Waals surface area contributed by atoms with Crippen LogP contribution < -0.4 is 16.4 Å². The molecule has 0 saturated carbocycles. The normalized spacial score (nSPS) is 19.0. The third kappa shape index (κ3) is 2.38. The molecule has 0 spiro atoms. The number of nitrogens with two attached hydrogens (primary N) is 1. The first-order chi connectivity index (χ1) is 8.08. The molecule has 1 unspecified atom stereocenters. The molecule has 0 aromatic heterocycles. The fourth-order valence-corrected chi connectivity index (χ4v) is 1.84. The highest BCUT2D eigenvalue weighted by molar-refractivity contribution is 5.91. The predicted molar refractivity (Wildman–Crippen MR) is 64.4 cm³/mol. The van der Waals surface area contributed by atoms with Gasteiger partial charge in [0.25, 0.3) is 0 Å². The topological polar surface area (TPSA) is 84.2 Å². The molecule has 1 aliphatic heterocycles. The number of hydrogen-bond acceptors (Lipinski definition) is 3. The van der Waals surface area contributed by atoms with E-state index in [-0.39, 0.29) is 11.9 Å². The van der Waals surface area contributed by atoms with E-state index in [1.54, 1.807) is 6.92 Å². The first-order valence-corrected chi connectivity index (χ1v) is 5.52. The lowest BCUT2D eigenvalue weighted by Crippen LogP contribution is -2.47. The van der Waals surface area contributed by atoms with Gasteiger partial charge in [0.2, 0.25) is 11.8 Å². The minimum Gasteiger partial charge on any atom is -0.373 e. The molecule has 1 heterocycles. The van der Waals surface area contributed by atoms with Crippen molar-refractivity contribution in [3.05, 3.63) is 29.8 Å². The van der Waals surface area contributed by atoms with E-state index in [0.29, 0.717) is 6.42 Å². The van der Waals surface area contributed by atoms with Gasteiger partial charge in [-0.1, -0.05) is 18.2 Å². The summed E-state index contributed by atoms with van der Waals surface area (Å²) in [7, 11) is 0. The molecule has 5 heteroatoms. The molecule has 1 aromatic rings. The molecule has 1 aliphatic rings. The van der Waals surface area contributed by atoms with E-state index < -0.39 is 11.9 Å². The molecule has 5 nitrogen and oxygen atoms in total. The number of rotatable bonds is 3. The first-order valence-electron chi connectivity index (χ1n) is 5.52. The fraction of sp³-hybridized carbons (Fsp3) is 0.333. The zero-order valence-corrected chi connectivity index (χ0v) is 9.57. The summed E-state index contributed by atoms with van der Waals surface area (Å²) in [6.45, 7) is 1.57. The molecule has 0 bridgehead atoms. The number of carbonyl (C=O) groups is 2. The Kier molecular flexibility index (Phi) is 2.99. The van der Waals surface area contributed by atoms with Gasteiger partial charge < -0.3 is 16.4 Å². The largest absolute Gasteiger partial charge is 0.373 e. The Morgan fingerprint density at radius 1 is 1.47 bits per heavy atom. The Hall–Kier alpha value is -2.04. The maximum Gasteiger partial charge on any atom is 0.243 e. The van der Waals surface area contributed by atoms with Gasteiger partial charge in [0, 0.05) is 12.1 Å². The van der Waals surface area contributed by atoms with E-state index in [0.717, 1.165) is 11.3 Å². The Balaban J connectivity index is 1.99. The lowest BCUT2D eigenvalue weighted by molar-refractivity contribution is -0.127. The second-order valence-corrected chi connectivity index (χ2v) is 4.19. The zero-order valence-electron chi connectivity index (χ0n) is 9.57. The van der Waals surface area contributed by atoms with Gasteiger partial charge in [-0.05, 0) is 18.6 Å². The Bertz CT molecular complexity index is 434. The molecule has 1 aromatic carbocycles. The van der Waals surface area contributed by atoms with Crippen molar-refractivity contribution in [2.75, 3.05) is 5.32 Å². The van der Waals surface area contributed by atoms with Crippen LogP contribution in [-0.4, -0.2) is 23.9 Å². The molecule has 0 radical (unpaired) electrons. The van der Waals surface area contributed by atoms with Crippen LogP contribution in [0.5, 0.6) is 0 Å². The van der Waals surface area contributed by atoms with Crippen LogP contribution >= 0.6 is 0 Å². The molecular weight excluding hydrogens is 218 g/mol. The van der Waals surface area contributed by atoms with E-state index >= 15 is 0 Å². The lowest BCUT2D eigenvalue weighted by atomic mass is 10.1. The number of fused-ring (bicyclic) bond motifs is 1. The number of anilines is 1. The van der Waals surface area contributed by atoms with Gasteiger partial charge in [-0.2, -0.15) is 0 Å². The highest BCUT2D eigenvalue weighted by Crippen LogP contribution is 2.25. The molecule has 0 aliphatic carbocycles. The van der Waals surface area contributed by atoms with E-state index in [2.05, 4.69) is 10.6 Å². The smallest absolute Gasteiger partial charge is 0.243 e. The Labute approximate surface area is 99.4 Å². The molecule has 2 atom stereocenters. The highest BCUT2D eigenvalue weighted by Gasteiger charge is 2.27. The van der Waals surface area contributed by atoms with Crippen molar-refractivity contribution < 1.29 is 9.59 Å². The van der Waals surface area contributed by atoms with Crippen molar-refractivity contribution in [2.45, 2.75) is 25.4 Å². The van der Waals surface area contributed by atoms with Crippen molar-refractivity contribution in [1.29, 1.82) is 0 Å². The van der Waals surface area contributed by atoms with Crippen LogP contribution in [0.15, 0.2) is 24.3 Å². The van der Waals surface area contributed by atoms with Crippen LogP contribution in [0.2, 0.25) is 0 Å². The predicted octanol–water partition coefficient (Wildman–Crippen LogP) is 0.0132. The third-order valence-electron chi connectivity index (χ3n) is 2.87. The average Bonchev–Trinajstić information content (AvgIpc) is 2.72. The first kappa shape index (κ1) is 11.4. The van der Waals surface area contributed by atoms with Crippen LogP contribution in [0.1, 0.15) is 12.5 Å². The highest BCUT2D eigenvalue weighted by atomic mass is 16.2. The number of benzene rings is 1. The van der Waals surface area contributed by atoms with Gasteiger partial charge in [0.15, 0.2) is 0 Å². The van der Waals surface area contributed by atoms with Crippen LogP contribution in [0.3, 0.4) is 0 Å². The molecule has 4 N–H and O–H groups in total. The number of carbonyl (C=O) groups excluding carboxylic acids is 2. The van der Waals surface area contributed by atoms with Crippen LogP contribution in [0.4, 0.5) is 5.69 Å². The summed E-state index contributed by atoms with van der Waals surface area (Å²) in [6, 6.07) is 6.79. The molecule has 0 fully saturated rings. The van der Waals surface area contributed by atoms with Crippen molar-refractivity contribution in [3.63, 3.8) is 0 Å². The number of nitrogens with one attached hydrogen (secondary N) is 2. The molecule has 17 heavy (non-hydrogen) atoms. The van der Waals surface area contributed by atoms with Crippen LogP contribution in [-0.2, 0) is 16.0 Å². The number of primary amides is 1. The zero-order chi connectivity index (χ0) is 12.4. The standard InChI is InChI=1S/C12H15N3O2/c1-7(11(13)16)14-12(17)10-6-8-4-2-3-5-9(8)15-10/h2-5,7,10,15H,6H2,1H3,(H2,13,16)(H,14,17)/t7?,10-/m0/s1. The monoisotopic (exact) mass is 233 g/mol. The minimum atomic E-state index is -0.645. The van der Waals surface area contributed by atoms with Crippen LogP contribution in [0, 0.1) is 0 Å². The van der Waals surface area contributed by atoms with Crippen molar-refractivity contribution in [1.82, 2.24) is 5.32 Å². The SMILES string of the molecule is CC(NC(=O)[C@@H]1Cc2ccccc2N1)C(N)=O. The second-order valence-electron chi connectivity index (χ2n) is 4.19. The summed E-state index contributed by atoms with van der Waals surface area (Å²) < 4.78 is 0. The summed E-state index contributed by atoms with van der Waals surface area (Å²) in [5, 5.41) is 5.69. The quantitative estimate of drug-likeness (QED) is 0.687. The third-order valence-corrected chi connectivity index (χ3v) is 2.87. The summed E-state index contributed by atoms with van der Waals surface area (Å²) in [5.74, 6) is -0.735. The van der Waals surface area contributed by atoms with Gasteiger partial charge >= 0.3 is 0 Å². The Morgan fingerprint density at radius 3 is 2.82 bits per heavy atom. The lowest BCUT2D eigenvalue weighted by Gasteiger charge is -2.15. The number of amides is 2. The summed E-state index contributed by atoms with van der Waals surface area (Å²) in [4.78, 5) is 22.7. The van der Waals surface area contributed by atoms with Crippen molar-refractivity contribution in [2.24, 2.45) is 5.73 Å². The summed E-state index contributed by atoms with van der Waals surface area (Å²) in [6.07, 6.45) is 0.632. The van der Waals surface area contributed by atoms with E-state index in [1.165, 1.54) is 0 Å². The summed E-state index contributed by atoms with van der Waals surface area (Å²) in [5.41, 5.74) is 7.18. The van der Waals surface area contributed by atoms with Gasteiger partial charge in [-0.3, -0.25) is 9.59 Å².